The second kappa shape index (κ2) is 7.05. The number of nitrogens with one attached hydrogen (secondary N) is 1. The Hall–Kier alpha value is -2.39. The lowest BCUT2D eigenvalue weighted by Crippen LogP contribution is -2.06. The first-order valence-electron chi connectivity index (χ1n) is 7.49. The summed E-state index contributed by atoms with van der Waals surface area (Å²) in [5, 5.41) is 16.0. The topological polar surface area (TPSA) is 84.0 Å². The van der Waals surface area contributed by atoms with Crippen LogP contribution < -0.4 is 5.32 Å². The Kier molecular flexibility index (Phi) is 4.66. The molecule has 1 saturated carbocycles. The molecule has 0 radical (unpaired) electrons. The lowest BCUT2D eigenvalue weighted by atomic mass is 10.2. The van der Waals surface area contributed by atoms with Crippen LogP contribution in [0.25, 0.3) is 0 Å². The van der Waals surface area contributed by atoms with Crippen molar-refractivity contribution < 1.29 is 9.26 Å². The first-order chi connectivity index (χ1) is 10.8. The van der Waals surface area contributed by atoms with Gasteiger partial charge in [0.1, 0.15) is 6.61 Å². The van der Waals surface area contributed by atoms with Crippen LogP contribution in [0.3, 0.4) is 0 Å². The molecule has 2 aromatic rings. The Bertz CT molecular complexity index is 658. The van der Waals surface area contributed by atoms with Crippen molar-refractivity contribution in [1.82, 2.24) is 10.1 Å². The molecule has 1 fully saturated rings. The molecule has 3 rings (SSSR count). The molecule has 6 heteroatoms. The average Bonchev–Trinajstić information content (AvgIpc) is 3.30. The van der Waals surface area contributed by atoms with Gasteiger partial charge in [-0.3, -0.25) is 0 Å². The molecule has 0 amide bonds. The standard InChI is InChI=1S/C16H18N4O2/c17-10-12-3-1-4-14(9-12)18-7-2-8-21-11-15-19-16(20-22-15)13-5-6-13/h1,3-4,9,13,18H,2,5-8,11H2. The monoisotopic (exact) mass is 298 g/mol. The second-order valence-corrected chi connectivity index (χ2v) is 5.35. The van der Waals surface area contributed by atoms with Crippen molar-refractivity contribution in [1.29, 1.82) is 5.26 Å². The predicted molar refractivity (Wildman–Crippen MR) is 80.2 cm³/mol. The zero-order chi connectivity index (χ0) is 15.2. The van der Waals surface area contributed by atoms with Crippen LogP contribution >= 0.6 is 0 Å². The minimum Gasteiger partial charge on any atom is -0.385 e. The Morgan fingerprint density at radius 2 is 2.32 bits per heavy atom. The number of anilines is 1. The Morgan fingerprint density at radius 1 is 1.41 bits per heavy atom. The first kappa shape index (κ1) is 14.5. The third-order valence-electron chi connectivity index (χ3n) is 3.44. The van der Waals surface area contributed by atoms with Crippen LogP contribution in [0.15, 0.2) is 28.8 Å². The van der Waals surface area contributed by atoms with Gasteiger partial charge in [0.15, 0.2) is 5.82 Å². The number of benzene rings is 1. The van der Waals surface area contributed by atoms with Gasteiger partial charge in [-0.05, 0) is 37.5 Å². The maximum atomic E-state index is 8.83. The Morgan fingerprint density at radius 3 is 3.14 bits per heavy atom. The fourth-order valence-corrected chi connectivity index (χ4v) is 2.10. The molecule has 1 aromatic carbocycles. The van der Waals surface area contributed by atoms with Gasteiger partial charge in [0, 0.05) is 24.8 Å². The highest BCUT2D eigenvalue weighted by atomic mass is 16.5. The average molecular weight is 298 g/mol. The van der Waals surface area contributed by atoms with Gasteiger partial charge in [0.2, 0.25) is 0 Å². The van der Waals surface area contributed by atoms with Crippen LogP contribution in [0, 0.1) is 11.3 Å². The Labute approximate surface area is 129 Å². The molecule has 6 nitrogen and oxygen atoms in total. The Balaban J connectivity index is 1.31. The summed E-state index contributed by atoms with van der Waals surface area (Å²) >= 11 is 0. The van der Waals surface area contributed by atoms with Crippen molar-refractivity contribution >= 4 is 5.69 Å². The van der Waals surface area contributed by atoms with Gasteiger partial charge in [-0.15, -0.1) is 0 Å². The molecule has 0 unspecified atom stereocenters. The van der Waals surface area contributed by atoms with Gasteiger partial charge in [-0.1, -0.05) is 11.2 Å². The van der Waals surface area contributed by atoms with E-state index in [1.165, 1.54) is 12.8 Å². The van der Waals surface area contributed by atoms with Crippen molar-refractivity contribution in [2.24, 2.45) is 0 Å². The van der Waals surface area contributed by atoms with Crippen LogP contribution in [-0.4, -0.2) is 23.3 Å². The summed E-state index contributed by atoms with van der Waals surface area (Å²) in [4.78, 5) is 4.31. The number of nitriles is 1. The van der Waals surface area contributed by atoms with Crippen molar-refractivity contribution in [3.8, 4) is 6.07 Å². The lowest BCUT2D eigenvalue weighted by Gasteiger charge is -2.06. The number of hydrogen-bond acceptors (Lipinski definition) is 6. The molecule has 1 aromatic heterocycles. The molecule has 22 heavy (non-hydrogen) atoms. The molecule has 0 bridgehead atoms. The van der Waals surface area contributed by atoms with Crippen LogP contribution in [0.1, 0.15) is 42.5 Å². The summed E-state index contributed by atoms with van der Waals surface area (Å²) in [7, 11) is 0. The SMILES string of the molecule is N#Cc1cccc(NCCCOCc2nc(C3CC3)no2)c1. The van der Waals surface area contributed by atoms with Crippen molar-refractivity contribution in [2.75, 3.05) is 18.5 Å². The number of nitrogens with zero attached hydrogens (tertiary/aromatic N) is 3. The maximum absolute atomic E-state index is 8.83. The van der Waals surface area contributed by atoms with Crippen LogP contribution in [-0.2, 0) is 11.3 Å². The number of rotatable bonds is 8. The van der Waals surface area contributed by atoms with Crippen LogP contribution in [0.5, 0.6) is 0 Å². The van der Waals surface area contributed by atoms with E-state index in [-0.39, 0.29) is 0 Å². The minimum atomic E-state index is 0.365. The molecular formula is C16H18N4O2. The highest BCUT2D eigenvalue weighted by Gasteiger charge is 2.28. The normalized spacial score (nSPS) is 13.8. The summed E-state index contributed by atoms with van der Waals surface area (Å²) < 4.78 is 10.7. The molecule has 114 valence electrons. The molecule has 0 saturated heterocycles. The van der Waals surface area contributed by atoms with Gasteiger partial charge in [0.25, 0.3) is 5.89 Å². The molecule has 0 spiro atoms. The van der Waals surface area contributed by atoms with Gasteiger partial charge in [-0.25, -0.2) is 0 Å². The summed E-state index contributed by atoms with van der Waals surface area (Å²) in [5.74, 6) is 1.88. The van der Waals surface area contributed by atoms with E-state index in [4.69, 9.17) is 14.5 Å². The largest absolute Gasteiger partial charge is 0.385 e. The van der Waals surface area contributed by atoms with Gasteiger partial charge in [0.05, 0.1) is 11.6 Å². The van der Waals surface area contributed by atoms with Gasteiger partial charge < -0.3 is 14.6 Å². The molecule has 1 N–H and O–H groups in total. The maximum Gasteiger partial charge on any atom is 0.252 e. The molecule has 0 aliphatic heterocycles. The molecule has 1 heterocycles. The summed E-state index contributed by atoms with van der Waals surface area (Å²) in [6, 6.07) is 9.55. The van der Waals surface area contributed by atoms with E-state index in [2.05, 4.69) is 21.5 Å². The lowest BCUT2D eigenvalue weighted by molar-refractivity contribution is 0.0974. The molecular weight excluding hydrogens is 280 g/mol. The smallest absolute Gasteiger partial charge is 0.252 e. The molecule has 0 atom stereocenters. The van der Waals surface area contributed by atoms with E-state index in [1.54, 1.807) is 6.07 Å². The van der Waals surface area contributed by atoms with E-state index in [0.717, 1.165) is 24.5 Å². The third-order valence-corrected chi connectivity index (χ3v) is 3.44. The summed E-state index contributed by atoms with van der Waals surface area (Å²) in [5.41, 5.74) is 1.61. The highest BCUT2D eigenvalue weighted by Crippen LogP contribution is 2.38. The van der Waals surface area contributed by atoms with Crippen molar-refractivity contribution in [3.05, 3.63) is 41.5 Å². The second-order valence-electron chi connectivity index (χ2n) is 5.35. The van der Waals surface area contributed by atoms with Gasteiger partial charge >= 0.3 is 0 Å². The van der Waals surface area contributed by atoms with Crippen molar-refractivity contribution in [2.45, 2.75) is 31.8 Å². The summed E-state index contributed by atoms with van der Waals surface area (Å²) in [6.07, 6.45) is 3.19. The predicted octanol–water partition coefficient (Wildman–Crippen LogP) is 2.84. The van der Waals surface area contributed by atoms with E-state index < -0.39 is 0 Å². The quantitative estimate of drug-likeness (QED) is 0.754. The van der Waals surface area contributed by atoms with E-state index in [1.807, 2.05) is 18.2 Å². The molecule has 1 aliphatic carbocycles. The molecule has 1 aliphatic rings. The zero-order valence-corrected chi connectivity index (χ0v) is 12.3. The summed E-state index contributed by atoms with van der Waals surface area (Å²) in [6.45, 7) is 1.77. The van der Waals surface area contributed by atoms with Gasteiger partial charge in [-0.2, -0.15) is 10.2 Å². The van der Waals surface area contributed by atoms with E-state index in [9.17, 15) is 0 Å². The number of ether oxygens (including phenoxy) is 1. The minimum absolute atomic E-state index is 0.365. The highest BCUT2D eigenvalue weighted by molar-refractivity contribution is 5.48. The van der Waals surface area contributed by atoms with Crippen LogP contribution in [0.2, 0.25) is 0 Å². The number of aromatic nitrogens is 2. The fourth-order valence-electron chi connectivity index (χ4n) is 2.10. The number of hydrogen-bond donors (Lipinski definition) is 1. The first-order valence-corrected chi connectivity index (χ1v) is 7.49. The zero-order valence-electron chi connectivity index (χ0n) is 12.3. The fraction of sp³-hybridized carbons (Fsp3) is 0.438. The third kappa shape index (κ3) is 4.06. The van der Waals surface area contributed by atoms with Crippen LogP contribution in [0.4, 0.5) is 5.69 Å². The van der Waals surface area contributed by atoms with Crippen molar-refractivity contribution in [3.63, 3.8) is 0 Å². The van der Waals surface area contributed by atoms with E-state index in [0.29, 0.717) is 30.6 Å². The van der Waals surface area contributed by atoms with E-state index >= 15 is 0 Å².